The molecule has 0 fully saturated rings. The lowest BCUT2D eigenvalue weighted by Crippen LogP contribution is -2.37. The van der Waals surface area contributed by atoms with Gasteiger partial charge in [0.05, 0.1) is 6.20 Å². The van der Waals surface area contributed by atoms with E-state index in [1.54, 1.807) is 7.05 Å². The van der Waals surface area contributed by atoms with Gasteiger partial charge in [0, 0.05) is 32.9 Å². The van der Waals surface area contributed by atoms with Crippen molar-refractivity contribution in [2.45, 2.75) is 40.3 Å². The van der Waals surface area contributed by atoms with Crippen LogP contribution in [0.3, 0.4) is 0 Å². The Morgan fingerprint density at radius 1 is 1.17 bits per heavy atom. The number of guanidine groups is 1. The molecule has 2 aromatic rings. The minimum Gasteiger partial charge on any atom is -0.356 e. The van der Waals surface area contributed by atoms with Crippen LogP contribution in [0.4, 0.5) is 0 Å². The molecule has 0 aliphatic heterocycles. The molecular weight excluding hydrogens is 286 g/mol. The Labute approximate surface area is 138 Å². The summed E-state index contributed by atoms with van der Waals surface area (Å²) >= 11 is 0. The van der Waals surface area contributed by atoms with Crippen LogP contribution in [-0.2, 0) is 13.1 Å². The number of aliphatic imine (C=N–C) groups is 1. The number of aryl methyl sites for hydroxylation is 4. The third-order valence-corrected chi connectivity index (χ3v) is 3.79. The zero-order valence-corrected chi connectivity index (χ0v) is 14.6. The van der Waals surface area contributed by atoms with Gasteiger partial charge >= 0.3 is 0 Å². The monoisotopic (exact) mass is 313 g/mol. The first-order valence-corrected chi connectivity index (χ1v) is 8.08. The van der Waals surface area contributed by atoms with Crippen LogP contribution in [-0.4, -0.2) is 29.3 Å². The lowest BCUT2D eigenvalue weighted by Gasteiger charge is -2.13. The number of nitrogens with one attached hydrogen (secondary N) is 2. The summed E-state index contributed by atoms with van der Waals surface area (Å²) in [5.41, 5.74) is 5.10. The summed E-state index contributed by atoms with van der Waals surface area (Å²) in [6, 6.07) is 6.52. The van der Waals surface area contributed by atoms with E-state index in [1.807, 2.05) is 10.9 Å². The molecule has 0 amide bonds. The summed E-state index contributed by atoms with van der Waals surface area (Å²) in [6.45, 7) is 8.88. The average molecular weight is 313 g/mol. The van der Waals surface area contributed by atoms with Crippen molar-refractivity contribution in [1.29, 1.82) is 0 Å². The van der Waals surface area contributed by atoms with Crippen molar-refractivity contribution in [2.75, 3.05) is 13.6 Å². The molecule has 0 atom stereocenters. The second-order valence-electron chi connectivity index (χ2n) is 5.92. The lowest BCUT2D eigenvalue weighted by molar-refractivity contribution is 0.570. The Morgan fingerprint density at radius 3 is 2.65 bits per heavy atom. The summed E-state index contributed by atoms with van der Waals surface area (Å²) < 4.78 is 1.98. The number of rotatable bonds is 6. The van der Waals surface area contributed by atoms with Crippen LogP contribution < -0.4 is 10.6 Å². The highest BCUT2D eigenvalue weighted by Gasteiger charge is 2.01. The fraction of sp³-hybridized carbons (Fsp3) is 0.444. The van der Waals surface area contributed by atoms with Gasteiger partial charge in [-0.1, -0.05) is 23.8 Å². The van der Waals surface area contributed by atoms with E-state index in [4.69, 9.17) is 0 Å². The van der Waals surface area contributed by atoms with E-state index < -0.39 is 0 Å². The normalized spacial score (nSPS) is 11.6. The second kappa shape index (κ2) is 8.36. The largest absolute Gasteiger partial charge is 0.356 e. The van der Waals surface area contributed by atoms with Gasteiger partial charge in [0.15, 0.2) is 5.96 Å². The summed E-state index contributed by atoms with van der Waals surface area (Å²) in [7, 11) is 1.80. The van der Waals surface area contributed by atoms with Gasteiger partial charge < -0.3 is 10.6 Å². The number of aromatic nitrogens is 2. The molecule has 5 nitrogen and oxygen atoms in total. The zero-order valence-electron chi connectivity index (χ0n) is 14.6. The molecule has 0 unspecified atom stereocenters. The highest BCUT2D eigenvalue weighted by molar-refractivity contribution is 5.79. The van der Waals surface area contributed by atoms with E-state index in [2.05, 4.69) is 65.9 Å². The van der Waals surface area contributed by atoms with Gasteiger partial charge in [-0.3, -0.25) is 9.67 Å². The Hall–Kier alpha value is -2.30. The topological polar surface area (TPSA) is 54.2 Å². The van der Waals surface area contributed by atoms with Crippen molar-refractivity contribution in [3.63, 3.8) is 0 Å². The first kappa shape index (κ1) is 17.1. The van der Waals surface area contributed by atoms with Gasteiger partial charge in [-0.05, 0) is 43.9 Å². The molecule has 2 rings (SSSR count). The Morgan fingerprint density at radius 2 is 2.00 bits per heavy atom. The molecule has 5 heteroatoms. The van der Waals surface area contributed by atoms with Crippen LogP contribution in [0, 0.1) is 20.8 Å². The Balaban J connectivity index is 1.73. The van der Waals surface area contributed by atoms with E-state index in [-0.39, 0.29) is 0 Å². The van der Waals surface area contributed by atoms with Gasteiger partial charge in [0.1, 0.15) is 0 Å². The maximum absolute atomic E-state index is 4.29. The molecule has 0 radical (unpaired) electrons. The molecule has 0 saturated heterocycles. The van der Waals surface area contributed by atoms with Gasteiger partial charge in [0.2, 0.25) is 0 Å². The smallest absolute Gasteiger partial charge is 0.191 e. The SMILES string of the molecule is CN=C(NCCCn1cc(C)cn1)NCc1ccc(C)cc1C. The van der Waals surface area contributed by atoms with Gasteiger partial charge in [0.25, 0.3) is 0 Å². The third kappa shape index (κ3) is 5.43. The fourth-order valence-corrected chi connectivity index (χ4v) is 2.48. The molecule has 0 aliphatic carbocycles. The van der Waals surface area contributed by atoms with Crippen molar-refractivity contribution in [3.05, 3.63) is 52.8 Å². The molecular formula is C18H27N5. The van der Waals surface area contributed by atoms with E-state index >= 15 is 0 Å². The van der Waals surface area contributed by atoms with Gasteiger partial charge in [-0.15, -0.1) is 0 Å². The van der Waals surface area contributed by atoms with Gasteiger partial charge in [-0.2, -0.15) is 5.10 Å². The van der Waals surface area contributed by atoms with E-state index in [9.17, 15) is 0 Å². The predicted octanol–water partition coefficient (Wildman–Crippen LogP) is 2.56. The van der Waals surface area contributed by atoms with Crippen LogP contribution in [0.5, 0.6) is 0 Å². The first-order chi connectivity index (χ1) is 11.1. The van der Waals surface area contributed by atoms with Crippen LogP contribution in [0.2, 0.25) is 0 Å². The average Bonchev–Trinajstić information content (AvgIpc) is 2.93. The molecule has 0 bridgehead atoms. The zero-order chi connectivity index (χ0) is 16.7. The van der Waals surface area contributed by atoms with Crippen molar-refractivity contribution in [2.24, 2.45) is 4.99 Å². The molecule has 23 heavy (non-hydrogen) atoms. The number of nitrogens with zero attached hydrogens (tertiary/aromatic N) is 3. The molecule has 0 spiro atoms. The summed E-state index contributed by atoms with van der Waals surface area (Å²) in [4.78, 5) is 4.27. The lowest BCUT2D eigenvalue weighted by atomic mass is 10.1. The fourth-order valence-electron chi connectivity index (χ4n) is 2.48. The second-order valence-corrected chi connectivity index (χ2v) is 5.92. The minimum absolute atomic E-state index is 0.782. The van der Waals surface area contributed by atoms with Crippen molar-refractivity contribution < 1.29 is 0 Å². The number of benzene rings is 1. The van der Waals surface area contributed by atoms with E-state index in [0.29, 0.717) is 0 Å². The van der Waals surface area contributed by atoms with Crippen LogP contribution >= 0.6 is 0 Å². The third-order valence-electron chi connectivity index (χ3n) is 3.79. The molecule has 124 valence electrons. The number of hydrogen-bond donors (Lipinski definition) is 2. The van der Waals surface area contributed by atoms with Crippen LogP contribution in [0.1, 0.15) is 28.7 Å². The van der Waals surface area contributed by atoms with E-state index in [0.717, 1.165) is 32.0 Å². The minimum atomic E-state index is 0.782. The molecule has 0 saturated carbocycles. The molecule has 2 N–H and O–H groups in total. The molecule has 1 aromatic carbocycles. The van der Waals surface area contributed by atoms with Crippen molar-refractivity contribution >= 4 is 5.96 Å². The Bertz CT molecular complexity index is 657. The Kier molecular flexibility index (Phi) is 6.20. The summed E-state index contributed by atoms with van der Waals surface area (Å²) in [6.07, 6.45) is 4.95. The molecule has 1 heterocycles. The molecule has 1 aromatic heterocycles. The van der Waals surface area contributed by atoms with E-state index in [1.165, 1.54) is 22.3 Å². The van der Waals surface area contributed by atoms with Crippen LogP contribution in [0.25, 0.3) is 0 Å². The highest BCUT2D eigenvalue weighted by atomic mass is 15.3. The van der Waals surface area contributed by atoms with Crippen LogP contribution in [0.15, 0.2) is 35.6 Å². The molecule has 0 aliphatic rings. The first-order valence-electron chi connectivity index (χ1n) is 8.08. The quantitative estimate of drug-likeness (QED) is 0.489. The standard InChI is InChI=1S/C18H27N5/c1-14-6-7-17(16(3)10-14)12-21-18(19-4)20-8-5-9-23-13-15(2)11-22-23/h6-7,10-11,13H,5,8-9,12H2,1-4H3,(H2,19,20,21). The maximum Gasteiger partial charge on any atom is 0.191 e. The van der Waals surface area contributed by atoms with Gasteiger partial charge in [-0.25, -0.2) is 0 Å². The van der Waals surface area contributed by atoms with Crippen molar-refractivity contribution in [1.82, 2.24) is 20.4 Å². The maximum atomic E-state index is 4.29. The highest BCUT2D eigenvalue weighted by Crippen LogP contribution is 2.09. The number of hydrogen-bond acceptors (Lipinski definition) is 2. The summed E-state index contributed by atoms with van der Waals surface area (Å²) in [5, 5.41) is 11.0. The van der Waals surface area contributed by atoms with Crippen molar-refractivity contribution in [3.8, 4) is 0 Å². The summed E-state index contributed by atoms with van der Waals surface area (Å²) in [5.74, 6) is 0.835. The predicted molar refractivity (Wildman–Crippen MR) is 95.7 cm³/mol.